The summed E-state index contributed by atoms with van der Waals surface area (Å²) in [5.74, 6) is 0. The molecule has 1 heterocycles. The second-order valence-corrected chi connectivity index (χ2v) is 6.83. The molecule has 0 aliphatic carbocycles. The van der Waals surface area contributed by atoms with Crippen LogP contribution in [0.15, 0.2) is 72.8 Å². The summed E-state index contributed by atoms with van der Waals surface area (Å²) < 4.78 is 2.72. The van der Waals surface area contributed by atoms with E-state index < -0.39 is 0 Å². The van der Waals surface area contributed by atoms with Crippen LogP contribution in [-0.4, -0.2) is 17.0 Å². The fraction of sp³-hybridized carbons (Fsp3) is 0. The number of halogens is 1. The van der Waals surface area contributed by atoms with Crippen molar-refractivity contribution in [1.82, 2.24) is 4.48 Å². The Balaban J connectivity index is 2.04. The molecule has 0 saturated heterocycles. The van der Waals surface area contributed by atoms with Gasteiger partial charge < -0.3 is 4.48 Å². The molecule has 0 unspecified atom stereocenters. The van der Waals surface area contributed by atoms with Crippen molar-refractivity contribution in [2.24, 2.45) is 0 Å². The Labute approximate surface area is 144 Å². The third-order valence-corrected chi connectivity index (χ3v) is 5.44. The average molecular weight is 393 g/mol. The fourth-order valence-corrected chi connectivity index (χ4v) is 4.15. The normalized spacial score (nSPS) is 11.1. The molecule has 1 aromatic heterocycles. The highest BCUT2D eigenvalue weighted by atomic mass is 127. The van der Waals surface area contributed by atoms with Gasteiger partial charge >= 0.3 is 4.70 Å². The lowest BCUT2D eigenvalue weighted by Gasteiger charge is -2.13. The van der Waals surface area contributed by atoms with Crippen LogP contribution >= 0.6 is 22.4 Å². The van der Waals surface area contributed by atoms with Gasteiger partial charge in [0.1, 0.15) is 7.85 Å². The van der Waals surface area contributed by atoms with Crippen LogP contribution in [0.4, 0.5) is 0 Å². The highest BCUT2D eigenvalue weighted by molar-refractivity contribution is 14.1. The SMILES string of the molecule is Bc1cccc(B(I)n2c3ccccc3c3ccccc32)c1. The predicted molar refractivity (Wildman–Crippen MR) is 109 cm³/mol. The number of rotatable bonds is 2. The number of benzene rings is 3. The standard InChI is InChI=1S/C18H14B2IN/c19-13-6-5-7-14(12-13)20(21)22-17-10-3-1-8-15(17)16-9-2-4-11-18(16)22/h1-12H,19H2. The number of aromatic nitrogens is 1. The molecule has 3 aromatic carbocycles. The summed E-state index contributed by atoms with van der Waals surface area (Å²) >= 11 is 2.55. The summed E-state index contributed by atoms with van der Waals surface area (Å²) in [4.78, 5) is 0. The minimum atomic E-state index is 0.280. The second kappa shape index (κ2) is 5.51. The molecular formula is C18H14B2IN. The van der Waals surface area contributed by atoms with Gasteiger partial charge in [-0.2, -0.15) is 0 Å². The maximum absolute atomic E-state index is 2.55. The van der Waals surface area contributed by atoms with Gasteiger partial charge in [0, 0.05) is 21.8 Å². The lowest BCUT2D eigenvalue weighted by molar-refractivity contribution is 1.37. The van der Waals surface area contributed by atoms with Crippen LogP contribution in [0.3, 0.4) is 0 Å². The summed E-state index contributed by atoms with van der Waals surface area (Å²) in [7, 11) is 2.15. The molecule has 4 aromatic rings. The van der Waals surface area contributed by atoms with Crippen molar-refractivity contribution in [3.8, 4) is 0 Å². The van der Waals surface area contributed by atoms with E-state index in [0.29, 0.717) is 0 Å². The largest absolute Gasteiger partial charge is 0.371 e. The average Bonchev–Trinajstić information content (AvgIpc) is 2.89. The lowest BCUT2D eigenvalue weighted by atomic mass is 9.78. The predicted octanol–water partition coefficient (Wildman–Crippen LogP) is 2.73. The fourth-order valence-electron chi connectivity index (χ4n) is 3.16. The van der Waals surface area contributed by atoms with E-state index in [9.17, 15) is 0 Å². The van der Waals surface area contributed by atoms with Crippen molar-refractivity contribution in [3.05, 3.63) is 72.8 Å². The van der Waals surface area contributed by atoms with Crippen molar-refractivity contribution in [3.63, 3.8) is 0 Å². The van der Waals surface area contributed by atoms with E-state index in [1.165, 1.54) is 32.7 Å². The summed E-state index contributed by atoms with van der Waals surface area (Å²) in [6, 6.07) is 26.1. The molecule has 0 bridgehead atoms. The van der Waals surface area contributed by atoms with Gasteiger partial charge in [-0.3, -0.25) is 0 Å². The molecule has 0 atom stereocenters. The van der Waals surface area contributed by atoms with Crippen molar-refractivity contribution in [2.75, 3.05) is 0 Å². The number of hydrogen-bond donors (Lipinski definition) is 0. The molecule has 0 amide bonds. The number of fused-ring (bicyclic) bond motifs is 3. The van der Waals surface area contributed by atoms with Gasteiger partial charge in [-0.05, 0) is 17.6 Å². The molecule has 0 N–H and O–H groups in total. The van der Waals surface area contributed by atoms with E-state index in [1.54, 1.807) is 0 Å². The second-order valence-electron chi connectivity index (χ2n) is 5.65. The highest BCUT2D eigenvalue weighted by Gasteiger charge is 2.21. The maximum Gasteiger partial charge on any atom is 0.366 e. The third-order valence-electron chi connectivity index (χ3n) is 4.16. The van der Waals surface area contributed by atoms with E-state index in [-0.39, 0.29) is 4.70 Å². The Morgan fingerprint density at radius 3 is 1.95 bits per heavy atom. The number of para-hydroxylation sites is 2. The first-order valence-electron chi connectivity index (χ1n) is 7.44. The van der Waals surface area contributed by atoms with Crippen LogP contribution in [0.1, 0.15) is 0 Å². The van der Waals surface area contributed by atoms with Crippen molar-refractivity contribution >= 4 is 67.7 Å². The van der Waals surface area contributed by atoms with Crippen LogP contribution < -0.4 is 10.9 Å². The number of nitrogens with zero attached hydrogens (tertiary/aromatic N) is 1. The van der Waals surface area contributed by atoms with Crippen LogP contribution in [0.2, 0.25) is 0 Å². The summed E-state index contributed by atoms with van der Waals surface area (Å²) in [6.45, 7) is 0. The topological polar surface area (TPSA) is 4.93 Å². The van der Waals surface area contributed by atoms with E-state index in [1.807, 2.05) is 0 Å². The molecule has 104 valence electrons. The zero-order valence-corrected chi connectivity index (χ0v) is 14.5. The van der Waals surface area contributed by atoms with Gasteiger partial charge in [0.05, 0.1) is 0 Å². The first-order valence-corrected chi connectivity index (χ1v) is 8.68. The zero-order valence-electron chi connectivity index (χ0n) is 12.3. The van der Waals surface area contributed by atoms with Gasteiger partial charge in [0.25, 0.3) is 0 Å². The highest BCUT2D eigenvalue weighted by Crippen LogP contribution is 2.29. The van der Waals surface area contributed by atoms with Gasteiger partial charge in [0.15, 0.2) is 0 Å². The minimum Gasteiger partial charge on any atom is -0.371 e. The van der Waals surface area contributed by atoms with Gasteiger partial charge in [-0.25, -0.2) is 0 Å². The van der Waals surface area contributed by atoms with Crippen LogP contribution in [0, 0.1) is 0 Å². The maximum atomic E-state index is 2.55. The van der Waals surface area contributed by atoms with E-state index in [2.05, 4.69) is 107 Å². The molecule has 0 radical (unpaired) electrons. The minimum absolute atomic E-state index is 0.280. The smallest absolute Gasteiger partial charge is 0.366 e. The molecule has 0 aliphatic rings. The molecule has 4 rings (SSSR count). The first-order chi connectivity index (χ1) is 10.8. The molecule has 0 saturated carbocycles. The van der Waals surface area contributed by atoms with Crippen molar-refractivity contribution < 1.29 is 0 Å². The van der Waals surface area contributed by atoms with Crippen LogP contribution in [0.25, 0.3) is 21.8 Å². The molecule has 22 heavy (non-hydrogen) atoms. The summed E-state index contributed by atoms with van der Waals surface area (Å²) in [5.41, 5.74) is 5.24. The molecule has 0 spiro atoms. The zero-order chi connectivity index (χ0) is 15.1. The summed E-state index contributed by atoms with van der Waals surface area (Å²) in [6.07, 6.45) is 0. The molecular weight excluding hydrogens is 379 g/mol. The van der Waals surface area contributed by atoms with E-state index >= 15 is 0 Å². The molecule has 0 aliphatic heterocycles. The Hall–Kier alpha value is -1.68. The first kappa shape index (κ1) is 13.9. The Kier molecular flexibility index (Phi) is 3.49. The lowest BCUT2D eigenvalue weighted by Crippen LogP contribution is -2.33. The Bertz CT molecular complexity index is 924. The van der Waals surface area contributed by atoms with Gasteiger partial charge in [-0.15, -0.1) is 22.4 Å². The number of hydrogen-bond acceptors (Lipinski definition) is 0. The molecule has 0 fully saturated rings. The van der Waals surface area contributed by atoms with Crippen LogP contribution in [0.5, 0.6) is 0 Å². The monoisotopic (exact) mass is 393 g/mol. The summed E-state index contributed by atoms with van der Waals surface area (Å²) in [5, 5.41) is 2.65. The Morgan fingerprint density at radius 2 is 1.36 bits per heavy atom. The third kappa shape index (κ3) is 2.17. The van der Waals surface area contributed by atoms with Crippen molar-refractivity contribution in [1.29, 1.82) is 0 Å². The molecule has 1 nitrogen and oxygen atoms in total. The van der Waals surface area contributed by atoms with Crippen molar-refractivity contribution in [2.45, 2.75) is 0 Å². The van der Waals surface area contributed by atoms with Gasteiger partial charge in [-0.1, -0.05) is 66.1 Å². The molecule has 4 heteroatoms. The van der Waals surface area contributed by atoms with Gasteiger partial charge in [0.2, 0.25) is 0 Å². The Morgan fingerprint density at radius 1 is 0.773 bits per heavy atom. The van der Waals surface area contributed by atoms with E-state index in [0.717, 1.165) is 0 Å². The van der Waals surface area contributed by atoms with Crippen LogP contribution in [-0.2, 0) is 0 Å². The van der Waals surface area contributed by atoms with E-state index in [4.69, 9.17) is 0 Å². The quantitative estimate of drug-likeness (QED) is 0.365.